The van der Waals surface area contributed by atoms with Crippen LogP contribution in [0.1, 0.15) is 126 Å². The summed E-state index contributed by atoms with van der Waals surface area (Å²) in [5.74, 6) is 0.842. The van der Waals surface area contributed by atoms with Gasteiger partial charge in [-0.05, 0) is 92.3 Å². The number of anilines is 2. The molecule has 60 heavy (non-hydrogen) atoms. The number of nitrogens with zero attached hydrogens (tertiary/aromatic N) is 1. The number of aromatic carboxylic acids is 1. The molecule has 0 radical (unpaired) electrons. The maximum Gasteiger partial charge on any atom is 0.335 e. The summed E-state index contributed by atoms with van der Waals surface area (Å²) >= 11 is 3.20. The van der Waals surface area contributed by atoms with E-state index in [1.54, 1.807) is 17.4 Å². The van der Waals surface area contributed by atoms with Gasteiger partial charge >= 0.3 is 5.97 Å². The molecule has 2 aliphatic carbocycles. The number of hydrogen-bond donors (Lipinski definition) is 1. The Morgan fingerprint density at radius 1 is 0.750 bits per heavy atom. The minimum Gasteiger partial charge on any atom is -0.493 e. The summed E-state index contributed by atoms with van der Waals surface area (Å²) in [4.78, 5) is 42.9. The first kappa shape index (κ1) is 40.0. The number of thiophene rings is 2. The van der Waals surface area contributed by atoms with Crippen molar-refractivity contribution in [3.8, 4) is 27.7 Å². The summed E-state index contributed by atoms with van der Waals surface area (Å²) < 4.78 is 22.1. The fraction of sp³-hybridized carbons (Fsp3) is 0.340. The van der Waals surface area contributed by atoms with Gasteiger partial charge < -0.3 is 24.2 Å². The summed E-state index contributed by atoms with van der Waals surface area (Å²) in [6, 6.07) is 24.2. The van der Waals surface area contributed by atoms with Crippen LogP contribution in [0.2, 0.25) is 0 Å². The minimum atomic E-state index is -1.15. The topological polar surface area (TPSA) is 102 Å². The van der Waals surface area contributed by atoms with Gasteiger partial charge in [-0.2, -0.15) is 0 Å². The van der Waals surface area contributed by atoms with Gasteiger partial charge in [0, 0.05) is 71.1 Å². The van der Waals surface area contributed by atoms with Gasteiger partial charge in [0.05, 0.1) is 35.8 Å². The molecule has 3 heterocycles. The Kier molecular flexibility index (Phi) is 11.3. The number of rotatable bonds is 16. The highest BCUT2D eigenvalue weighted by Gasteiger charge is 2.42. The van der Waals surface area contributed by atoms with Crippen molar-refractivity contribution in [2.75, 3.05) is 24.7 Å². The summed E-state index contributed by atoms with van der Waals surface area (Å²) in [5, 5.41) is 11.6. The molecule has 2 aromatic heterocycles. The molecule has 308 valence electrons. The lowest BCUT2D eigenvalue weighted by Gasteiger charge is -2.28. The molecule has 1 aliphatic heterocycles. The summed E-state index contributed by atoms with van der Waals surface area (Å²) in [6.07, 6.45) is 11.0. The van der Waals surface area contributed by atoms with Crippen LogP contribution < -0.4 is 19.1 Å². The lowest BCUT2D eigenvalue weighted by Crippen LogP contribution is -2.26. The third-order valence-corrected chi connectivity index (χ3v) is 14.2. The number of carboxylic acid groups (broad SMARTS) is 1. The molecule has 1 saturated carbocycles. The van der Waals surface area contributed by atoms with E-state index in [0.29, 0.717) is 42.4 Å². The quantitative estimate of drug-likeness (QED) is 0.0584. The Morgan fingerprint density at radius 3 is 2.13 bits per heavy atom. The number of carbonyl (C=O) groups excluding carboxylic acids is 2. The zero-order chi connectivity index (χ0) is 41.5. The lowest BCUT2D eigenvalue weighted by atomic mass is 9.98. The Bertz CT molecular complexity index is 2690. The number of allylic oxidation sites excluding steroid dienone is 1. The molecular weight excluding hydrogens is 791 g/mol. The first-order valence-corrected chi connectivity index (χ1v) is 23.1. The average molecular weight is 840 g/mol. The van der Waals surface area contributed by atoms with Gasteiger partial charge in [0.1, 0.15) is 17.2 Å². The maximum absolute atomic E-state index is 13.6. The van der Waals surface area contributed by atoms with E-state index >= 15 is 0 Å². The van der Waals surface area contributed by atoms with E-state index < -0.39 is 17.5 Å². The average Bonchev–Trinajstić information content (AvgIpc) is 4.07. The fourth-order valence-corrected chi connectivity index (χ4v) is 11.3. The van der Waals surface area contributed by atoms with E-state index in [9.17, 15) is 19.5 Å². The molecule has 1 fully saturated rings. The second kappa shape index (κ2) is 16.9. The largest absolute Gasteiger partial charge is 0.493 e. The molecule has 0 amide bonds. The van der Waals surface area contributed by atoms with Crippen molar-refractivity contribution < 1.29 is 33.7 Å². The number of benzene rings is 4. The van der Waals surface area contributed by atoms with Crippen LogP contribution in [0.15, 0.2) is 78.4 Å². The van der Waals surface area contributed by atoms with Crippen LogP contribution in [-0.4, -0.2) is 48.5 Å². The van der Waals surface area contributed by atoms with Gasteiger partial charge in [-0.15, -0.1) is 22.7 Å². The van der Waals surface area contributed by atoms with Crippen molar-refractivity contribution in [2.45, 2.75) is 90.5 Å². The van der Waals surface area contributed by atoms with Crippen molar-refractivity contribution >= 4 is 77.8 Å². The molecule has 4 aromatic carbocycles. The number of Topliss-reactive ketones (excluding diaryl/α,β-unsaturated/α-hetero) is 2. The van der Waals surface area contributed by atoms with Crippen LogP contribution in [-0.2, 0) is 0 Å². The summed E-state index contributed by atoms with van der Waals surface area (Å²) in [7, 11) is 0. The number of para-hydroxylation sites is 1. The van der Waals surface area contributed by atoms with Crippen molar-refractivity contribution in [1.82, 2.24) is 0 Å². The molecule has 0 spiro atoms. The van der Waals surface area contributed by atoms with Crippen LogP contribution in [0.5, 0.6) is 17.2 Å². The molecule has 2 unspecified atom stereocenters. The third kappa shape index (κ3) is 7.17. The number of ether oxygens (including phenoxy) is 3. The molecule has 8 nitrogen and oxygen atoms in total. The third-order valence-electron chi connectivity index (χ3n) is 12.0. The van der Waals surface area contributed by atoms with Crippen LogP contribution >= 0.6 is 22.7 Å². The monoisotopic (exact) mass is 839 g/mol. The Balaban J connectivity index is 1.18. The van der Waals surface area contributed by atoms with Crippen LogP contribution in [0.25, 0.3) is 36.7 Å². The van der Waals surface area contributed by atoms with E-state index in [-0.39, 0.29) is 22.3 Å². The Labute approximate surface area is 358 Å². The van der Waals surface area contributed by atoms with Crippen molar-refractivity contribution in [3.63, 3.8) is 0 Å². The van der Waals surface area contributed by atoms with Gasteiger partial charge in [0.2, 0.25) is 0 Å². The normalized spacial score (nSPS) is 17.5. The number of fused-ring (bicyclic) bond motifs is 7. The number of carbonyl (C=O) groups is 3. The number of carboxylic acids is 1. The van der Waals surface area contributed by atoms with E-state index in [0.717, 1.165) is 92.7 Å². The highest BCUT2D eigenvalue weighted by Crippen LogP contribution is 2.55. The standard InChI is InChI=1S/C50H49NO7S2/c1-4-7-19-56-40-23-30(49-42(58-21-9-6-3)28-32(59-49)27-37-47(52)35-18-17-29(50(54)55)22-36(35)48(37)53)24-43-45(40)46-41(57-20-8-5-2)25-31(26-44(46)60-43)51-38-15-11-10-13-33(38)34-14-12-16-39(34)51/h10-11,13,15,17-18,22-28,34,39H,4-9,12,14,16,19-21H2,1-3H3,(H,54,55)/b37-27+. The smallest absolute Gasteiger partial charge is 0.335 e. The lowest BCUT2D eigenvalue weighted by molar-refractivity contribution is 0.0696. The summed E-state index contributed by atoms with van der Waals surface area (Å²) in [5.41, 5.74) is 5.15. The number of unbranched alkanes of at least 4 members (excludes halogenated alkanes) is 3. The van der Waals surface area contributed by atoms with Gasteiger partial charge in [-0.25, -0.2) is 4.79 Å². The van der Waals surface area contributed by atoms with Crippen molar-refractivity contribution in [1.29, 1.82) is 0 Å². The molecule has 3 aliphatic rings. The highest BCUT2D eigenvalue weighted by molar-refractivity contribution is 7.26. The van der Waals surface area contributed by atoms with Gasteiger partial charge in [-0.1, -0.05) is 64.7 Å². The molecule has 0 bridgehead atoms. The number of ketones is 2. The van der Waals surface area contributed by atoms with E-state index in [2.05, 4.69) is 74.2 Å². The zero-order valence-electron chi connectivity index (χ0n) is 34.3. The van der Waals surface area contributed by atoms with Crippen LogP contribution in [0.4, 0.5) is 11.4 Å². The molecule has 1 N–H and O–H groups in total. The zero-order valence-corrected chi connectivity index (χ0v) is 35.9. The van der Waals surface area contributed by atoms with Gasteiger partial charge in [0.15, 0.2) is 11.6 Å². The van der Waals surface area contributed by atoms with Gasteiger partial charge in [-0.3, -0.25) is 9.59 Å². The maximum atomic E-state index is 13.6. The van der Waals surface area contributed by atoms with Crippen LogP contribution in [0.3, 0.4) is 0 Å². The molecular formula is C50H49NO7S2. The van der Waals surface area contributed by atoms with Crippen molar-refractivity contribution in [3.05, 3.63) is 106 Å². The first-order chi connectivity index (χ1) is 29.3. The van der Waals surface area contributed by atoms with E-state index in [1.807, 2.05) is 6.07 Å². The fourth-order valence-electron chi connectivity index (χ4n) is 9.06. The minimum absolute atomic E-state index is 0.0138. The predicted octanol–water partition coefficient (Wildman–Crippen LogP) is 13.3. The second-order valence-corrected chi connectivity index (χ2v) is 18.2. The number of hydrogen-bond acceptors (Lipinski definition) is 9. The molecule has 2 atom stereocenters. The molecule has 0 saturated heterocycles. The Morgan fingerprint density at radius 2 is 1.42 bits per heavy atom. The first-order valence-electron chi connectivity index (χ1n) is 21.4. The Hall–Kier alpha value is -5.45. The van der Waals surface area contributed by atoms with E-state index in [4.69, 9.17) is 14.2 Å². The van der Waals surface area contributed by atoms with E-state index in [1.165, 1.54) is 53.6 Å². The SMILES string of the molecule is CCCCOc1cc(/C=C2\C(=O)c3ccc(C(=O)O)cc3C2=O)sc1-c1cc(OCCCC)c2c(c1)sc1cc(N3c4ccccc4C4CCCC43)cc(OCCCC)c12. The van der Waals surface area contributed by atoms with Gasteiger partial charge in [0.25, 0.3) is 0 Å². The molecule has 9 rings (SSSR count). The summed E-state index contributed by atoms with van der Waals surface area (Å²) in [6.45, 7) is 8.18. The molecule has 6 aromatic rings. The predicted molar refractivity (Wildman–Crippen MR) is 243 cm³/mol. The highest BCUT2D eigenvalue weighted by atomic mass is 32.1. The molecule has 10 heteroatoms. The second-order valence-electron chi connectivity index (χ2n) is 16.0. The van der Waals surface area contributed by atoms with Crippen LogP contribution in [0, 0.1) is 0 Å². The van der Waals surface area contributed by atoms with Crippen molar-refractivity contribution in [2.24, 2.45) is 0 Å².